The van der Waals surface area contributed by atoms with Gasteiger partial charge in [0.1, 0.15) is 17.8 Å². The molecule has 0 N–H and O–H groups in total. The van der Waals surface area contributed by atoms with E-state index in [0.717, 1.165) is 31.0 Å². The zero-order chi connectivity index (χ0) is 18.6. The van der Waals surface area contributed by atoms with Crippen LogP contribution in [-0.4, -0.2) is 29.6 Å². The summed E-state index contributed by atoms with van der Waals surface area (Å²) >= 11 is 0. The van der Waals surface area contributed by atoms with Gasteiger partial charge in [-0.25, -0.2) is 9.37 Å². The summed E-state index contributed by atoms with van der Waals surface area (Å²) in [5.74, 6) is 1.08. The van der Waals surface area contributed by atoms with Crippen LogP contribution in [0.3, 0.4) is 0 Å². The summed E-state index contributed by atoms with van der Waals surface area (Å²) in [5, 5.41) is 0. The Balaban J connectivity index is 1.44. The number of hydrogen-bond donors (Lipinski definition) is 0. The lowest BCUT2D eigenvalue weighted by molar-refractivity contribution is 0.241. The first-order valence-electron chi connectivity index (χ1n) is 9.28. The summed E-state index contributed by atoms with van der Waals surface area (Å²) < 4.78 is 24.3. The molecule has 140 valence electrons. The number of methoxy groups -OCH3 is 1. The molecule has 1 aromatic heterocycles. The maximum atomic E-state index is 13.4. The van der Waals surface area contributed by atoms with Crippen molar-refractivity contribution in [3.05, 3.63) is 71.9 Å². The first-order valence-corrected chi connectivity index (χ1v) is 9.28. The molecule has 0 saturated carbocycles. The Bertz CT molecular complexity index is 909. The summed E-state index contributed by atoms with van der Waals surface area (Å²) in [6.07, 6.45) is 5.03. The molecule has 0 bridgehead atoms. The molecule has 1 fully saturated rings. The monoisotopic (exact) mass is 366 g/mol. The molecule has 2 aromatic carbocycles. The van der Waals surface area contributed by atoms with E-state index < -0.39 is 0 Å². The van der Waals surface area contributed by atoms with E-state index in [0.29, 0.717) is 17.5 Å². The molecule has 0 spiro atoms. The molecule has 0 radical (unpaired) electrons. The fraction of sp³-hybridized carbons (Fsp3) is 0.318. The van der Waals surface area contributed by atoms with Crippen LogP contribution in [0.25, 0.3) is 11.5 Å². The Morgan fingerprint density at radius 2 is 2.11 bits per heavy atom. The van der Waals surface area contributed by atoms with Crippen LogP contribution >= 0.6 is 0 Å². The molecule has 4 nitrogen and oxygen atoms in total. The van der Waals surface area contributed by atoms with Gasteiger partial charge in [0, 0.05) is 18.2 Å². The van der Waals surface area contributed by atoms with Gasteiger partial charge < -0.3 is 9.15 Å². The van der Waals surface area contributed by atoms with Gasteiger partial charge in [0.2, 0.25) is 5.89 Å². The van der Waals surface area contributed by atoms with E-state index in [1.807, 2.05) is 12.1 Å². The minimum Gasteiger partial charge on any atom is -0.497 e. The molecule has 1 saturated heterocycles. The van der Waals surface area contributed by atoms with Crippen LogP contribution in [0.2, 0.25) is 0 Å². The van der Waals surface area contributed by atoms with E-state index >= 15 is 0 Å². The fourth-order valence-electron chi connectivity index (χ4n) is 3.75. The van der Waals surface area contributed by atoms with Crippen LogP contribution in [0.4, 0.5) is 4.39 Å². The number of hydrogen-bond acceptors (Lipinski definition) is 4. The van der Waals surface area contributed by atoms with Gasteiger partial charge >= 0.3 is 0 Å². The van der Waals surface area contributed by atoms with E-state index in [4.69, 9.17) is 9.15 Å². The van der Waals surface area contributed by atoms with Gasteiger partial charge in [0.25, 0.3) is 0 Å². The van der Waals surface area contributed by atoms with Crippen molar-refractivity contribution in [1.82, 2.24) is 9.88 Å². The molecule has 27 heavy (non-hydrogen) atoms. The number of benzene rings is 2. The van der Waals surface area contributed by atoms with E-state index in [1.54, 1.807) is 25.5 Å². The minimum absolute atomic E-state index is 0.287. The molecular weight excluding hydrogens is 343 g/mol. The van der Waals surface area contributed by atoms with Crippen molar-refractivity contribution in [3.63, 3.8) is 0 Å². The molecule has 0 amide bonds. The largest absolute Gasteiger partial charge is 0.497 e. The highest BCUT2D eigenvalue weighted by molar-refractivity contribution is 5.52. The van der Waals surface area contributed by atoms with Gasteiger partial charge in [-0.15, -0.1) is 0 Å². The third-order valence-electron chi connectivity index (χ3n) is 5.09. The van der Waals surface area contributed by atoms with Gasteiger partial charge in [-0.1, -0.05) is 18.2 Å². The SMILES string of the molecule is COc1cccc(CC2CCCN2Cc2coc(-c3cccc(F)c3)n2)c1. The Kier molecular flexibility index (Phi) is 5.21. The van der Waals surface area contributed by atoms with Crippen molar-refractivity contribution >= 4 is 0 Å². The Hall–Kier alpha value is -2.66. The van der Waals surface area contributed by atoms with Gasteiger partial charge in [-0.2, -0.15) is 0 Å². The lowest BCUT2D eigenvalue weighted by Gasteiger charge is -2.23. The van der Waals surface area contributed by atoms with E-state index in [2.05, 4.69) is 22.0 Å². The number of ether oxygens (including phenoxy) is 1. The van der Waals surface area contributed by atoms with Crippen molar-refractivity contribution in [1.29, 1.82) is 0 Å². The quantitative estimate of drug-likeness (QED) is 0.634. The van der Waals surface area contributed by atoms with Crippen molar-refractivity contribution in [2.45, 2.75) is 31.8 Å². The van der Waals surface area contributed by atoms with Crippen molar-refractivity contribution in [2.24, 2.45) is 0 Å². The first kappa shape index (κ1) is 17.7. The molecule has 1 aliphatic heterocycles. The maximum Gasteiger partial charge on any atom is 0.226 e. The van der Waals surface area contributed by atoms with Crippen LogP contribution in [0.1, 0.15) is 24.1 Å². The van der Waals surface area contributed by atoms with Gasteiger partial charge in [-0.05, 0) is 61.7 Å². The van der Waals surface area contributed by atoms with Crippen molar-refractivity contribution < 1.29 is 13.5 Å². The number of halogens is 1. The highest BCUT2D eigenvalue weighted by Gasteiger charge is 2.25. The predicted molar refractivity (Wildman–Crippen MR) is 102 cm³/mol. The van der Waals surface area contributed by atoms with Gasteiger partial charge in [0.15, 0.2) is 0 Å². The second-order valence-electron chi connectivity index (χ2n) is 6.98. The normalized spacial score (nSPS) is 17.3. The molecule has 1 unspecified atom stereocenters. The Labute approximate surface area is 158 Å². The molecule has 1 atom stereocenters. The molecule has 3 aromatic rings. The topological polar surface area (TPSA) is 38.5 Å². The Morgan fingerprint density at radius 1 is 1.22 bits per heavy atom. The molecule has 5 heteroatoms. The summed E-state index contributed by atoms with van der Waals surface area (Å²) in [6.45, 7) is 1.80. The smallest absolute Gasteiger partial charge is 0.226 e. The van der Waals surface area contributed by atoms with Crippen LogP contribution < -0.4 is 4.74 Å². The van der Waals surface area contributed by atoms with E-state index in [1.165, 1.54) is 30.5 Å². The maximum absolute atomic E-state index is 13.4. The number of aromatic nitrogens is 1. The van der Waals surface area contributed by atoms with Crippen molar-refractivity contribution in [3.8, 4) is 17.2 Å². The predicted octanol–water partition coefficient (Wildman–Crippen LogP) is 4.70. The van der Waals surface area contributed by atoms with E-state index in [-0.39, 0.29) is 5.82 Å². The third-order valence-corrected chi connectivity index (χ3v) is 5.09. The van der Waals surface area contributed by atoms with Gasteiger partial charge in [-0.3, -0.25) is 4.90 Å². The number of nitrogens with zero attached hydrogens (tertiary/aromatic N) is 2. The summed E-state index contributed by atoms with van der Waals surface area (Å²) in [6, 6.07) is 15.1. The summed E-state index contributed by atoms with van der Waals surface area (Å²) in [5.41, 5.74) is 2.83. The zero-order valence-electron chi connectivity index (χ0n) is 15.4. The minimum atomic E-state index is -0.287. The molecule has 1 aliphatic rings. The third kappa shape index (κ3) is 4.19. The van der Waals surface area contributed by atoms with Crippen LogP contribution in [0, 0.1) is 5.82 Å². The highest BCUT2D eigenvalue weighted by Crippen LogP contribution is 2.26. The molecule has 0 aliphatic carbocycles. The lowest BCUT2D eigenvalue weighted by atomic mass is 10.0. The van der Waals surface area contributed by atoms with Crippen LogP contribution in [0.5, 0.6) is 5.75 Å². The number of likely N-dealkylation sites (tertiary alicyclic amines) is 1. The van der Waals surface area contributed by atoms with Gasteiger partial charge in [0.05, 0.1) is 12.8 Å². The second kappa shape index (κ2) is 7.92. The highest BCUT2D eigenvalue weighted by atomic mass is 19.1. The number of oxazole rings is 1. The second-order valence-corrected chi connectivity index (χ2v) is 6.98. The fourth-order valence-corrected chi connectivity index (χ4v) is 3.75. The lowest BCUT2D eigenvalue weighted by Crippen LogP contribution is -2.30. The van der Waals surface area contributed by atoms with E-state index in [9.17, 15) is 4.39 Å². The summed E-state index contributed by atoms with van der Waals surface area (Å²) in [7, 11) is 1.70. The van der Waals surface area contributed by atoms with Crippen LogP contribution in [-0.2, 0) is 13.0 Å². The molecule has 4 rings (SSSR count). The molecular formula is C22H23FN2O2. The number of rotatable bonds is 6. The molecule has 2 heterocycles. The standard InChI is InChI=1S/C22H23FN2O2/c1-26-21-9-2-5-16(12-21)11-20-8-4-10-25(20)14-19-15-27-22(24-19)17-6-3-7-18(23)13-17/h2-3,5-7,9,12-13,15,20H,4,8,10-11,14H2,1H3. The first-order chi connectivity index (χ1) is 13.2. The average molecular weight is 366 g/mol. The Morgan fingerprint density at radius 3 is 2.96 bits per heavy atom. The summed E-state index contributed by atoms with van der Waals surface area (Å²) in [4.78, 5) is 7.01. The zero-order valence-corrected chi connectivity index (χ0v) is 15.4. The average Bonchev–Trinajstić information content (AvgIpc) is 3.32. The van der Waals surface area contributed by atoms with Crippen molar-refractivity contribution in [2.75, 3.05) is 13.7 Å². The van der Waals surface area contributed by atoms with Crippen LogP contribution in [0.15, 0.2) is 59.2 Å².